The Morgan fingerprint density at radius 3 is 2.88 bits per heavy atom. The fourth-order valence-electron chi connectivity index (χ4n) is 2.36. The summed E-state index contributed by atoms with van der Waals surface area (Å²) in [6, 6.07) is 6.76. The fraction of sp³-hybridized carbons (Fsp3) is 0.357. The van der Waals surface area contributed by atoms with Crippen LogP contribution in [0, 0.1) is 0 Å². The van der Waals surface area contributed by atoms with Gasteiger partial charge >= 0.3 is 0 Å². The largest absolute Gasteiger partial charge is 0.322 e. The van der Waals surface area contributed by atoms with Gasteiger partial charge in [-0.1, -0.05) is 12.1 Å². The Balaban J connectivity index is 1.97. The van der Waals surface area contributed by atoms with Crippen molar-refractivity contribution in [2.24, 2.45) is 5.73 Å². The molecule has 0 spiro atoms. The molecule has 3 rings (SSSR count). The van der Waals surface area contributed by atoms with Crippen molar-refractivity contribution in [3.63, 3.8) is 0 Å². The van der Waals surface area contributed by atoms with Crippen molar-refractivity contribution < 1.29 is 0 Å². The van der Waals surface area contributed by atoms with Gasteiger partial charge in [0.15, 0.2) is 0 Å². The van der Waals surface area contributed by atoms with E-state index in [0.717, 1.165) is 10.7 Å². The summed E-state index contributed by atoms with van der Waals surface area (Å²) in [5.74, 6) is 0. The topological polar surface area (TPSA) is 38.9 Å². The molecule has 1 aliphatic rings. The Morgan fingerprint density at radius 2 is 2.12 bits per heavy atom. The van der Waals surface area contributed by atoms with E-state index < -0.39 is 0 Å². The van der Waals surface area contributed by atoms with E-state index in [1.165, 1.54) is 36.0 Å². The average Bonchev–Trinajstić information content (AvgIpc) is 2.97. The summed E-state index contributed by atoms with van der Waals surface area (Å²) in [7, 11) is 0. The molecule has 88 valence electrons. The zero-order valence-corrected chi connectivity index (χ0v) is 10.8. The van der Waals surface area contributed by atoms with E-state index in [2.05, 4.69) is 28.6 Å². The van der Waals surface area contributed by atoms with Crippen LogP contribution in [0.1, 0.15) is 35.5 Å². The quantitative estimate of drug-likeness (QED) is 0.880. The van der Waals surface area contributed by atoms with Crippen molar-refractivity contribution in [1.82, 2.24) is 4.98 Å². The molecule has 0 bridgehead atoms. The number of nitrogens with two attached hydrogens (primary N) is 1. The summed E-state index contributed by atoms with van der Waals surface area (Å²) < 4.78 is 0. The third-order valence-corrected chi connectivity index (χ3v) is 4.35. The van der Waals surface area contributed by atoms with Crippen molar-refractivity contribution in [2.45, 2.75) is 32.2 Å². The summed E-state index contributed by atoms with van der Waals surface area (Å²) >= 11 is 1.65. The maximum Gasteiger partial charge on any atom is 0.110 e. The van der Waals surface area contributed by atoms with E-state index in [-0.39, 0.29) is 6.04 Å². The maximum atomic E-state index is 5.84. The van der Waals surface area contributed by atoms with E-state index in [9.17, 15) is 0 Å². The lowest BCUT2D eigenvalue weighted by Crippen LogP contribution is -2.03. The first kappa shape index (κ1) is 10.9. The van der Waals surface area contributed by atoms with Crippen molar-refractivity contribution in [3.8, 4) is 11.3 Å². The van der Waals surface area contributed by atoms with Gasteiger partial charge in [-0.15, -0.1) is 11.3 Å². The Morgan fingerprint density at radius 1 is 1.29 bits per heavy atom. The lowest BCUT2D eigenvalue weighted by Gasteiger charge is -2.02. The molecule has 1 aromatic heterocycles. The van der Waals surface area contributed by atoms with E-state index in [0.29, 0.717) is 0 Å². The highest BCUT2D eigenvalue weighted by molar-refractivity contribution is 7.10. The minimum Gasteiger partial charge on any atom is -0.322 e. The number of aromatic nitrogens is 1. The number of hydrogen-bond donors (Lipinski definition) is 1. The molecule has 0 saturated carbocycles. The molecule has 0 aliphatic heterocycles. The van der Waals surface area contributed by atoms with E-state index in [4.69, 9.17) is 5.73 Å². The number of hydrogen-bond acceptors (Lipinski definition) is 3. The summed E-state index contributed by atoms with van der Waals surface area (Å²) in [6.45, 7) is 1.98. The first-order chi connectivity index (χ1) is 8.24. The highest BCUT2D eigenvalue weighted by Crippen LogP contribution is 2.29. The Kier molecular flexibility index (Phi) is 2.73. The molecule has 0 fully saturated rings. The van der Waals surface area contributed by atoms with Gasteiger partial charge in [0.25, 0.3) is 0 Å². The molecule has 2 N–H and O–H groups in total. The number of aryl methyl sites for hydroxylation is 2. The summed E-state index contributed by atoms with van der Waals surface area (Å²) in [6.07, 6.45) is 3.74. The van der Waals surface area contributed by atoms with Crippen LogP contribution >= 0.6 is 11.3 Å². The highest BCUT2D eigenvalue weighted by atomic mass is 32.1. The Bertz CT molecular complexity index is 543. The second kappa shape index (κ2) is 4.24. The second-order valence-corrected chi connectivity index (χ2v) is 5.59. The van der Waals surface area contributed by atoms with Gasteiger partial charge in [-0.25, -0.2) is 4.98 Å². The minimum absolute atomic E-state index is 0.0307. The van der Waals surface area contributed by atoms with Crippen LogP contribution in [0.4, 0.5) is 0 Å². The van der Waals surface area contributed by atoms with Gasteiger partial charge in [0.2, 0.25) is 0 Å². The van der Waals surface area contributed by atoms with E-state index >= 15 is 0 Å². The average molecular weight is 244 g/mol. The zero-order valence-electron chi connectivity index (χ0n) is 9.94. The molecule has 1 aromatic carbocycles. The first-order valence-corrected chi connectivity index (χ1v) is 6.95. The van der Waals surface area contributed by atoms with Crippen LogP contribution in [-0.2, 0) is 12.8 Å². The summed E-state index contributed by atoms with van der Waals surface area (Å²) in [5.41, 5.74) is 11.1. The third kappa shape index (κ3) is 2.01. The first-order valence-electron chi connectivity index (χ1n) is 6.07. The van der Waals surface area contributed by atoms with Gasteiger partial charge in [0.1, 0.15) is 5.01 Å². The molecule has 0 radical (unpaired) electrons. The van der Waals surface area contributed by atoms with E-state index in [1.807, 2.05) is 6.92 Å². The lowest BCUT2D eigenvalue weighted by molar-refractivity contribution is 0.808. The molecule has 1 atom stereocenters. The van der Waals surface area contributed by atoms with Crippen LogP contribution in [0.5, 0.6) is 0 Å². The molecule has 3 heteroatoms. The molecular formula is C14H16N2S. The van der Waals surface area contributed by atoms with Gasteiger partial charge < -0.3 is 5.73 Å². The molecule has 1 heterocycles. The standard InChI is InChI=1S/C14H16N2S/c1-9(15)14-16-13(8-17-14)12-6-5-10-3-2-4-11(10)7-12/h5-9H,2-4,15H2,1H3. The van der Waals surface area contributed by atoms with Crippen LogP contribution < -0.4 is 5.73 Å². The summed E-state index contributed by atoms with van der Waals surface area (Å²) in [5, 5.41) is 3.12. The van der Waals surface area contributed by atoms with Crippen LogP contribution in [0.25, 0.3) is 11.3 Å². The minimum atomic E-state index is 0.0307. The van der Waals surface area contributed by atoms with E-state index in [1.54, 1.807) is 11.3 Å². The molecule has 2 aromatic rings. The van der Waals surface area contributed by atoms with Gasteiger partial charge in [-0.2, -0.15) is 0 Å². The smallest absolute Gasteiger partial charge is 0.110 e. The molecule has 1 aliphatic carbocycles. The number of fused-ring (bicyclic) bond motifs is 1. The molecule has 1 unspecified atom stereocenters. The Labute approximate surface area is 106 Å². The monoisotopic (exact) mass is 244 g/mol. The SMILES string of the molecule is CC(N)c1nc(-c2ccc3c(c2)CCC3)cs1. The molecule has 2 nitrogen and oxygen atoms in total. The normalized spacial score (nSPS) is 15.9. The van der Waals surface area contributed by atoms with Crippen molar-refractivity contribution in [2.75, 3.05) is 0 Å². The van der Waals surface area contributed by atoms with Crippen LogP contribution in [0.15, 0.2) is 23.6 Å². The second-order valence-electron chi connectivity index (χ2n) is 4.70. The van der Waals surface area contributed by atoms with Gasteiger partial charge in [0.05, 0.1) is 11.7 Å². The third-order valence-electron chi connectivity index (χ3n) is 3.31. The van der Waals surface area contributed by atoms with Gasteiger partial charge in [-0.05, 0) is 43.4 Å². The van der Waals surface area contributed by atoms with Gasteiger partial charge in [-0.3, -0.25) is 0 Å². The van der Waals surface area contributed by atoms with Crippen molar-refractivity contribution >= 4 is 11.3 Å². The fourth-order valence-corrected chi connectivity index (χ4v) is 3.15. The predicted molar refractivity (Wildman–Crippen MR) is 72.2 cm³/mol. The highest BCUT2D eigenvalue weighted by Gasteiger charge is 2.13. The van der Waals surface area contributed by atoms with Crippen LogP contribution in [0.3, 0.4) is 0 Å². The van der Waals surface area contributed by atoms with Crippen molar-refractivity contribution in [3.05, 3.63) is 39.7 Å². The molecular weight excluding hydrogens is 228 g/mol. The predicted octanol–water partition coefficient (Wildman–Crippen LogP) is 3.32. The van der Waals surface area contributed by atoms with Gasteiger partial charge in [0, 0.05) is 10.9 Å². The zero-order chi connectivity index (χ0) is 11.8. The molecule has 0 saturated heterocycles. The number of benzene rings is 1. The van der Waals surface area contributed by atoms with Crippen LogP contribution in [0.2, 0.25) is 0 Å². The maximum absolute atomic E-state index is 5.84. The Hall–Kier alpha value is -1.19. The number of thiazole rings is 1. The lowest BCUT2D eigenvalue weighted by atomic mass is 10.1. The molecule has 17 heavy (non-hydrogen) atoms. The van der Waals surface area contributed by atoms with Crippen molar-refractivity contribution in [1.29, 1.82) is 0 Å². The van der Waals surface area contributed by atoms with Crippen LogP contribution in [-0.4, -0.2) is 4.98 Å². The number of nitrogens with zero attached hydrogens (tertiary/aromatic N) is 1. The molecule has 0 amide bonds. The summed E-state index contributed by atoms with van der Waals surface area (Å²) in [4.78, 5) is 4.60. The number of rotatable bonds is 2.